The van der Waals surface area contributed by atoms with Crippen LogP contribution < -0.4 is 5.32 Å². The molecule has 0 saturated heterocycles. The lowest BCUT2D eigenvalue weighted by Gasteiger charge is -2.16. The quantitative estimate of drug-likeness (QED) is 0.798. The number of aryl methyl sites for hydroxylation is 1. The number of nitrogens with one attached hydrogen (secondary N) is 1. The summed E-state index contributed by atoms with van der Waals surface area (Å²) >= 11 is 1.60. The Morgan fingerprint density at radius 1 is 1.44 bits per heavy atom. The Balaban J connectivity index is 2.39. The van der Waals surface area contributed by atoms with Gasteiger partial charge in [-0.05, 0) is 30.2 Å². The number of aliphatic carboxylic acids is 1. The SMILES string of the molecule is CC(C)C[C@@H](NC(=O)CCc1cccs1)C(=O)O. The van der Waals surface area contributed by atoms with Crippen molar-refractivity contribution in [2.24, 2.45) is 5.92 Å². The van der Waals surface area contributed by atoms with Crippen molar-refractivity contribution in [3.8, 4) is 0 Å². The molecule has 1 heterocycles. The fourth-order valence-corrected chi connectivity index (χ4v) is 2.36. The molecule has 0 aliphatic carbocycles. The minimum absolute atomic E-state index is 0.198. The van der Waals surface area contributed by atoms with E-state index in [2.05, 4.69) is 5.32 Å². The third-order valence-electron chi connectivity index (χ3n) is 2.52. The van der Waals surface area contributed by atoms with Crippen LogP contribution in [0.15, 0.2) is 17.5 Å². The zero-order valence-corrected chi connectivity index (χ0v) is 11.5. The molecular formula is C13H19NO3S. The maximum atomic E-state index is 11.7. The topological polar surface area (TPSA) is 66.4 Å². The molecule has 1 aromatic heterocycles. The van der Waals surface area contributed by atoms with Crippen LogP contribution in [-0.2, 0) is 16.0 Å². The van der Waals surface area contributed by atoms with Crippen LogP contribution >= 0.6 is 11.3 Å². The van der Waals surface area contributed by atoms with Gasteiger partial charge in [-0.3, -0.25) is 4.79 Å². The summed E-state index contributed by atoms with van der Waals surface area (Å²) in [5.41, 5.74) is 0. The molecule has 5 heteroatoms. The van der Waals surface area contributed by atoms with Crippen LogP contribution in [-0.4, -0.2) is 23.0 Å². The first-order valence-electron chi connectivity index (χ1n) is 6.03. The van der Waals surface area contributed by atoms with Gasteiger partial charge in [-0.1, -0.05) is 19.9 Å². The van der Waals surface area contributed by atoms with E-state index in [-0.39, 0.29) is 11.8 Å². The Bertz CT molecular complexity index is 387. The molecule has 0 aliphatic heterocycles. The highest BCUT2D eigenvalue weighted by Gasteiger charge is 2.20. The first-order valence-corrected chi connectivity index (χ1v) is 6.91. The van der Waals surface area contributed by atoms with Crippen LogP contribution in [0.3, 0.4) is 0 Å². The van der Waals surface area contributed by atoms with Gasteiger partial charge in [0.2, 0.25) is 5.91 Å². The maximum Gasteiger partial charge on any atom is 0.326 e. The van der Waals surface area contributed by atoms with Crippen molar-refractivity contribution in [1.82, 2.24) is 5.32 Å². The minimum atomic E-state index is -0.965. The fourth-order valence-electron chi connectivity index (χ4n) is 1.65. The molecule has 2 N–H and O–H groups in total. The smallest absolute Gasteiger partial charge is 0.326 e. The summed E-state index contributed by atoms with van der Waals surface area (Å²) in [5.74, 6) is -0.923. The Morgan fingerprint density at radius 3 is 2.67 bits per heavy atom. The molecule has 1 atom stereocenters. The average molecular weight is 269 g/mol. The normalized spacial score (nSPS) is 12.4. The third-order valence-corrected chi connectivity index (χ3v) is 3.46. The molecule has 1 aromatic rings. The zero-order valence-electron chi connectivity index (χ0n) is 10.7. The minimum Gasteiger partial charge on any atom is -0.480 e. The van der Waals surface area contributed by atoms with Gasteiger partial charge in [0.25, 0.3) is 0 Å². The zero-order chi connectivity index (χ0) is 13.5. The highest BCUT2D eigenvalue weighted by molar-refractivity contribution is 7.09. The summed E-state index contributed by atoms with van der Waals surface area (Å²) in [7, 11) is 0. The molecule has 0 aliphatic rings. The first kappa shape index (κ1) is 14.7. The van der Waals surface area contributed by atoms with Crippen molar-refractivity contribution in [3.05, 3.63) is 22.4 Å². The van der Waals surface area contributed by atoms with E-state index in [0.717, 1.165) is 4.88 Å². The van der Waals surface area contributed by atoms with E-state index in [1.54, 1.807) is 11.3 Å². The molecule has 0 aromatic carbocycles. The molecule has 0 radical (unpaired) electrons. The van der Waals surface area contributed by atoms with Crippen LogP contribution in [0.1, 0.15) is 31.6 Å². The van der Waals surface area contributed by atoms with Crippen molar-refractivity contribution in [2.45, 2.75) is 39.2 Å². The van der Waals surface area contributed by atoms with E-state index in [1.807, 2.05) is 31.4 Å². The lowest BCUT2D eigenvalue weighted by Crippen LogP contribution is -2.41. The number of hydrogen-bond donors (Lipinski definition) is 2. The molecule has 1 rings (SSSR count). The number of carboxylic acids is 1. The molecule has 1 amide bonds. The Kier molecular flexibility index (Phi) is 5.85. The predicted octanol–water partition coefficient (Wildman–Crippen LogP) is 2.30. The van der Waals surface area contributed by atoms with Gasteiger partial charge in [-0.25, -0.2) is 4.79 Å². The lowest BCUT2D eigenvalue weighted by molar-refractivity contribution is -0.142. The Hall–Kier alpha value is -1.36. The second-order valence-corrected chi connectivity index (χ2v) is 5.70. The second kappa shape index (κ2) is 7.16. The number of rotatable bonds is 7. The summed E-state index contributed by atoms with van der Waals surface area (Å²) in [5, 5.41) is 13.6. The van der Waals surface area contributed by atoms with E-state index in [0.29, 0.717) is 19.3 Å². The van der Waals surface area contributed by atoms with Gasteiger partial charge in [0.05, 0.1) is 0 Å². The third kappa shape index (κ3) is 5.31. The van der Waals surface area contributed by atoms with Gasteiger partial charge >= 0.3 is 5.97 Å². The van der Waals surface area contributed by atoms with Crippen molar-refractivity contribution in [1.29, 1.82) is 0 Å². The van der Waals surface area contributed by atoms with Crippen LogP contribution in [0.4, 0.5) is 0 Å². The highest BCUT2D eigenvalue weighted by Crippen LogP contribution is 2.11. The van der Waals surface area contributed by atoms with Gasteiger partial charge in [0, 0.05) is 11.3 Å². The van der Waals surface area contributed by atoms with Crippen molar-refractivity contribution >= 4 is 23.2 Å². The molecule has 18 heavy (non-hydrogen) atoms. The van der Waals surface area contributed by atoms with E-state index >= 15 is 0 Å². The van der Waals surface area contributed by atoms with E-state index in [4.69, 9.17) is 5.11 Å². The second-order valence-electron chi connectivity index (χ2n) is 4.67. The summed E-state index contributed by atoms with van der Waals surface area (Å²) < 4.78 is 0. The van der Waals surface area contributed by atoms with Gasteiger partial charge < -0.3 is 10.4 Å². The van der Waals surface area contributed by atoms with Crippen LogP contribution in [0.2, 0.25) is 0 Å². The standard InChI is InChI=1S/C13H19NO3S/c1-9(2)8-11(13(16)17)14-12(15)6-5-10-4-3-7-18-10/h3-4,7,9,11H,5-6,8H2,1-2H3,(H,14,15)(H,16,17)/t11-/m1/s1. The summed E-state index contributed by atoms with van der Waals surface area (Å²) in [6.07, 6.45) is 1.46. The molecule has 0 spiro atoms. The van der Waals surface area contributed by atoms with Crippen LogP contribution in [0.25, 0.3) is 0 Å². The fraction of sp³-hybridized carbons (Fsp3) is 0.538. The first-order chi connectivity index (χ1) is 8.49. The predicted molar refractivity (Wildman–Crippen MR) is 71.7 cm³/mol. The van der Waals surface area contributed by atoms with Gasteiger partial charge in [0.1, 0.15) is 6.04 Å². The molecule has 100 valence electrons. The van der Waals surface area contributed by atoms with Crippen molar-refractivity contribution in [3.63, 3.8) is 0 Å². The maximum absolute atomic E-state index is 11.7. The molecule has 0 fully saturated rings. The molecule has 0 bridgehead atoms. The summed E-state index contributed by atoms with van der Waals surface area (Å²) in [6, 6.07) is 3.14. The lowest BCUT2D eigenvalue weighted by atomic mass is 10.0. The van der Waals surface area contributed by atoms with Crippen LogP contribution in [0.5, 0.6) is 0 Å². The molecule has 0 saturated carbocycles. The largest absolute Gasteiger partial charge is 0.480 e. The number of carbonyl (C=O) groups is 2. The van der Waals surface area contributed by atoms with E-state index < -0.39 is 12.0 Å². The van der Waals surface area contributed by atoms with Crippen LogP contribution in [0, 0.1) is 5.92 Å². The number of carbonyl (C=O) groups excluding carboxylic acids is 1. The number of hydrogen-bond acceptors (Lipinski definition) is 3. The van der Waals surface area contributed by atoms with Crippen molar-refractivity contribution < 1.29 is 14.7 Å². The van der Waals surface area contributed by atoms with Gasteiger partial charge in [0.15, 0.2) is 0 Å². The number of amides is 1. The van der Waals surface area contributed by atoms with E-state index in [1.165, 1.54) is 0 Å². The Morgan fingerprint density at radius 2 is 2.17 bits per heavy atom. The average Bonchev–Trinajstić information content (AvgIpc) is 2.77. The number of thiophene rings is 1. The highest BCUT2D eigenvalue weighted by atomic mass is 32.1. The Labute approximate surface area is 111 Å². The van der Waals surface area contributed by atoms with Crippen molar-refractivity contribution in [2.75, 3.05) is 0 Å². The monoisotopic (exact) mass is 269 g/mol. The van der Waals surface area contributed by atoms with E-state index in [9.17, 15) is 9.59 Å². The van der Waals surface area contributed by atoms with Gasteiger partial charge in [-0.15, -0.1) is 11.3 Å². The molecule has 4 nitrogen and oxygen atoms in total. The van der Waals surface area contributed by atoms with Gasteiger partial charge in [-0.2, -0.15) is 0 Å². The number of carboxylic acid groups (broad SMARTS) is 1. The summed E-state index contributed by atoms with van der Waals surface area (Å²) in [4.78, 5) is 23.8. The molecule has 0 unspecified atom stereocenters. The molecular weight excluding hydrogens is 250 g/mol. The summed E-state index contributed by atoms with van der Waals surface area (Å²) in [6.45, 7) is 3.88.